The lowest BCUT2D eigenvalue weighted by atomic mass is 9.77. The van der Waals surface area contributed by atoms with Crippen molar-refractivity contribution in [3.05, 3.63) is 101 Å². The van der Waals surface area contributed by atoms with Crippen LogP contribution in [0.15, 0.2) is 84.3 Å². The average Bonchev–Trinajstić information content (AvgIpc) is 2.99. The minimum atomic E-state index is -0.502. The first-order valence-corrected chi connectivity index (χ1v) is 12.2. The summed E-state index contributed by atoms with van der Waals surface area (Å²) in [6.07, 6.45) is 4.55. The van der Waals surface area contributed by atoms with Crippen LogP contribution in [0.3, 0.4) is 0 Å². The van der Waals surface area contributed by atoms with Crippen LogP contribution in [0.25, 0.3) is 0 Å². The lowest BCUT2D eigenvalue weighted by molar-refractivity contribution is -0.117. The monoisotopic (exact) mass is 465 g/mol. The molecule has 0 radical (unpaired) electrons. The van der Waals surface area contributed by atoms with Gasteiger partial charge in [-0.3, -0.25) is 19.5 Å². The van der Waals surface area contributed by atoms with Crippen LogP contribution < -0.4 is 10.2 Å². The van der Waals surface area contributed by atoms with E-state index in [-0.39, 0.29) is 23.0 Å². The molecule has 0 spiro atoms. The number of rotatable bonds is 2. The molecule has 178 valence electrons. The normalized spacial score (nSPS) is 20.0. The molecule has 0 saturated heterocycles. The van der Waals surface area contributed by atoms with Crippen LogP contribution in [-0.2, 0) is 15.0 Å². The molecule has 2 heterocycles. The fourth-order valence-corrected chi connectivity index (χ4v) is 5.29. The van der Waals surface area contributed by atoms with Crippen LogP contribution in [0.2, 0.25) is 0 Å². The minimum Gasteiger partial charge on any atom is -0.357 e. The van der Waals surface area contributed by atoms with Gasteiger partial charge in [-0.05, 0) is 58.7 Å². The molecule has 0 bridgehead atoms. The number of carbonyl (C=O) groups excluding carboxylic acids is 2. The zero-order valence-corrected chi connectivity index (χ0v) is 20.7. The Morgan fingerprint density at radius 3 is 2.29 bits per heavy atom. The molecule has 2 aliphatic rings. The SMILES string of the molecule is CC(=O)N1c2ccccc2NC2=C(C(=O)C[C@@H](c3ccc(C(C)(C)C)cc3)C2)[C@@H]1c1ccncc1. The quantitative estimate of drug-likeness (QED) is 0.482. The zero-order valence-electron chi connectivity index (χ0n) is 20.7. The Hall–Kier alpha value is -3.73. The van der Waals surface area contributed by atoms with Gasteiger partial charge in [0.15, 0.2) is 5.78 Å². The van der Waals surface area contributed by atoms with Crippen LogP contribution >= 0.6 is 0 Å². The summed E-state index contributed by atoms with van der Waals surface area (Å²) in [7, 11) is 0. The lowest BCUT2D eigenvalue weighted by Crippen LogP contribution is -2.37. The van der Waals surface area contributed by atoms with Gasteiger partial charge in [-0.25, -0.2) is 0 Å². The molecule has 1 aliphatic heterocycles. The standard InChI is InChI=1S/C30H31N3O2/c1-19(34)33-26-8-6-5-7-24(26)32-25-17-22(20-9-11-23(12-10-20)30(2,3)4)18-27(35)28(25)29(33)21-13-15-31-16-14-21/h5-16,22,29,32H,17-18H2,1-4H3/t22-,29-/m0/s1. The van der Waals surface area contributed by atoms with Crippen molar-refractivity contribution in [1.29, 1.82) is 0 Å². The molecule has 1 amide bonds. The summed E-state index contributed by atoms with van der Waals surface area (Å²) in [6, 6.07) is 19.7. The summed E-state index contributed by atoms with van der Waals surface area (Å²) in [5.74, 6) is 0.0453. The maximum atomic E-state index is 13.8. The number of nitrogens with one attached hydrogen (secondary N) is 1. The predicted octanol–water partition coefficient (Wildman–Crippen LogP) is 6.30. The highest BCUT2D eigenvalue weighted by Crippen LogP contribution is 2.47. The topological polar surface area (TPSA) is 62.3 Å². The first kappa shape index (κ1) is 23.0. The van der Waals surface area contributed by atoms with Crippen LogP contribution in [0.1, 0.15) is 69.2 Å². The van der Waals surface area contributed by atoms with E-state index in [1.807, 2.05) is 36.4 Å². The Bertz CT molecular complexity index is 1300. The van der Waals surface area contributed by atoms with Crippen LogP contribution in [0, 0.1) is 0 Å². The second-order valence-corrected chi connectivity index (χ2v) is 10.5. The second-order valence-electron chi connectivity index (χ2n) is 10.5. The Labute approximate surface area is 206 Å². The Morgan fingerprint density at radius 1 is 0.943 bits per heavy atom. The van der Waals surface area contributed by atoms with Gasteiger partial charge < -0.3 is 5.32 Å². The van der Waals surface area contributed by atoms with Crippen LogP contribution in [0.5, 0.6) is 0 Å². The highest BCUT2D eigenvalue weighted by molar-refractivity contribution is 6.05. The van der Waals surface area contributed by atoms with Gasteiger partial charge in [0.25, 0.3) is 0 Å². The molecule has 2 atom stereocenters. The fraction of sp³-hybridized carbons (Fsp3) is 0.300. The van der Waals surface area contributed by atoms with Crippen molar-refractivity contribution in [1.82, 2.24) is 4.98 Å². The largest absolute Gasteiger partial charge is 0.357 e. The number of hydrogen-bond acceptors (Lipinski definition) is 4. The fourth-order valence-electron chi connectivity index (χ4n) is 5.29. The van der Waals surface area contributed by atoms with Crippen molar-refractivity contribution in [2.75, 3.05) is 10.2 Å². The van der Waals surface area contributed by atoms with Gasteiger partial charge in [-0.15, -0.1) is 0 Å². The minimum absolute atomic E-state index is 0.0736. The summed E-state index contributed by atoms with van der Waals surface area (Å²) in [5.41, 5.74) is 6.58. The Balaban J connectivity index is 1.62. The van der Waals surface area contributed by atoms with Gasteiger partial charge in [-0.2, -0.15) is 0 Å². The molecule has 0 saturated carbocycles. The maximum absolute atomic E-state index is 13.8. The molecule has 5 nitrogen and oxygen atoms in total. The average molecular weight is 466 g/mol. The lowest BCUT2D eigenvalue weighted by Gasteiger charge is -2.34. The van der Waals surface area contributed by atoms with E-state index in [0.29, 0.717) is 18.4 Å². The molecular weight excluding hydrogens is 434 g/mol. The van der Waals surface area contributed by atoms with Crippen molar-refractivity contribution in [2.45, 2.75) is 57.9 Å². The molecule has 2 aromatic carbocycles. The van der Waals surface area contributed by atoms with E-state index in [1.165, 1.54) is 11.1 Å². The van der Waals surface area contributed by atoms with Gasteiger partial charge in [0.05, 0.1) is 17.4 Å². The molecule has 5 heteroatoms. The number of benzene rings is 2. The Morgan fingerprint density at radius 2 is 1.63 bits per heavy atom. The molecule has 0 fully saturated rings. The molecule has 1 aliphatic carbocycles. The van der Waals surface area contributed by atoms with Crippen LogP contribution in [-0.4, -0.2) is 16.7 Å². The number of ketones is 1. The van der Waals surface area contributed by atoms with Gasteiger partial charge in [0.1, 0.15) is 0 Å². The maximum Gasteiger partial charge on any atom is 0.224 e. The smallest absolute Gasteiger partial charge is 0.224 e. The number of fused-ring (bicyclic) bond motifs is 1. The van der Waals surface area contributed by atoms with Crippen molar-refractivity contribution in [3.8, 4) is 0 Å². The van der Waals surface area contributed by atoms with E-state index in [1.54, 1.807) is 24.2 Å². The van der Waals surface area contributed by atoms with Crippen molar-refractivity contribution in [3.63, 3.8) is 0 Å². The van der Waals surface area contributed by atoms with E-state index >= 15 is 0 Å². The van der Waals surface area contributed by atoms with Crippen molar-refractivity contribution < 1.29 is 9.59 Å². The number of carbonyl (C=O) groups is 2. The van der Waals surface area contributed by atoms with Crippen LogP contribution in [0.4, 0.5) is 11.4 Å². The third kappa shape index (κ3) is 4.27. The summed E-state index contributed by atoms with van der Waals surface area (Å²) in [5, 5.41) is 3.56. The van der Waals surface area contributed by atoms with Crippen molar-refractivity contribution >= 4 is 23.1 Å². The first-order valence-electron chi connectivity index (χ1n) is 12.2. The van der Waals surface area contributed by atoms with E-state index in [4.69, 9.17) is 0 Å². The van der Waals surface area contributed by atoms with E-state index in [0.717, 1.165) is 22.6 Å². The molecular formula is C30H31N3O2. The molecule has 1 aromatic heterocycles. The molecule has 3 aromatic rings. The number of allylic oxidation sites excluding steroid dienone is 1. The first-order chi connectivity index (χ1) is 16.7. The Kier molecular flexibility index (Phi) is 5.79. The number of pyridine rings is 1. The van der Waals surface area contributed by atoms with Gasteiger partial charge in [-0.1, -0.05) is 57.2 Å². The van der Waals surface area contributed by atoms with Gasteiger partial charge in [0, 0.05) is 37.0 Å². The molecule has 0 unspecified atom stereocenters. The van der Waals surface area contributed by atoms with Gasteiger partial charge >= 0.3 is 0 Å². The molecule has 1 N–H and O–H groups in total. The van der Waals surface area contributed by atoms with E-state index in [9.17, 15) is 9.59 Å². The zero-order chi connectivity index (χ0) is 24.7. The summed E-state index contributed by atoms with van der Waals surface area (Å²) in [4.78, 5) is 32.8. The van der Waals surface area contributed by atoms with Gasteiger partial charge in [0.2, 0.25) is 5.91 Å². The predicted molar refractivity (Wildman–Crippen MR) is 139 cm³/mol. The highest BCUT2D eigenvalue weighted by Gasteiger charge is 2.40. The van der Waals surface area contributed by atoms with Crippen molar-refractivity contribution in [2.24, 2.45) is 0 Å². The molecule has 35 heavy (non-hydrogen) atoms. The number of Topliss-reactive ketones (excluding diaryl/α,β-unsaturated/α-hetero) is 1. The number of aromatic nitrogens is 1. The second kappa shape index (κ2) is 8.81. The highest BCUT2D eigenvalue weighted by atomic mass is 16.2. The third-order valence-electron chi connectivity index (χ3n) is 7.10. The third-order valence-corrected chi connectivity index (χ3v) is 7.10. The summed E-state index contributed by atoms with van der Waals surface area (Å²) < 4.78 is 0. The summed E-state index contributed by atoms with van der Waals surface area (Å²) >= 11 is 0. The number of para-hydroxylation sites is 2. The number of nitrogens with zero attached hydrogens (tertiary/aromatic N) is 2. The number of hydrogen-bond donors (Lipinski definition) is 1. The number of amides is 1. The van der Waals surface area contributed by atoms with E-state index < -0.39 is 6.04 Å². The summed E-state index contributed by atoms with van der Waals surface area (Å²) in [6.45, 7) is 8.17. The number of anilines is 2. The van der Waals surface area contributed by atoms with E-state index in [2.05, 4.69) is 55.3 Å². The molecule has 5 rings (SSSR count).